The summed E-state index contributed by atoms with van der Waals surface area (Å²) < 4.78 is 11.9. The van der Waals surface area contributed by atoms with Gasteiger partial charge in [0.15, 0.2) is 11.5 Å². The molecular formula is C25H25N3O5. The van der Waals surface area contributed by atoms with E-state index in [-0.39, 0.29) is 23.4 Å². The van der Waals surface area contributed by atoms with Crippen LogP contribution in [0.15, 0.2) is 72.8 Å². The predicted molar refractivity (Wildman–Crippen MR) is 125 cm³/mol. The maximum Gasteiger partial charge on any atom is 0.293 e. The van der Waals surface area contributed by atoms with Crippen molar-refractivity contribution in [1.29, 1.82) is 0 Å². The van der Waals surface area contributed by atoms with Gasteiger partial charge in [0.05, 0.1) is 4.92 Å². The molecule has 0 spiro atoms. The van der Waals surface area contributed by atoms with Crippen LogP contribution in [0.5, 0.6) is 11.5 Å². The van der Waals surface area contributed by atoms with Gasteiger partial charge in [0.2, 0.25) is 5.91 Å². The third-order valence-corrected chi connectivity index (χ3v) is 5.47. The quantitative estimate of drug-likeness (QED) is 0.427. The van der Waals surface area contributed by atoms with Crippen LogP contribution in [0.25, 0.3) is 0 Å². The first kappa shape index (κ1) is 22.3. The van der Waals surface area contributed by atoms with E-state index in [0.717, 1.165) is 11.1 Å². The molecule has 2 atom stereocenters. The summed E-state index contributed by atoms with van der Waals surface area (Å²) in [5.74, 6) is 0.992. The Morgan fingerprint density at radius 1 is 1.12 bits per heavy atom. The molecule has 8 heteroatoms. The van der Waals surface area contributed by atoms with Crippen molar-refractivity contribution in [2.75, 3.05) is 25.5 Å². The smallest absolute Gasteiger partial charge is 0.293 e. The number of nitrogens with one attached hydrogen (secondary N) is 1. The molecule has 0 radical (unpaired) electrons. The molecule has 0 unspecified atom stereocenters. The number of carbonyl (C=O) groups is 1. The number of aryl methyl sites for hydroxylation is 1. The second-order valence-corrected chi connectivity index (χ2v) is 8.02. The number of nitro groups is 1. The van der Waals surface area contributed by atoms with E-state index < -0.39 is 11.0 Å². The lowest BCUT2D eigenvalue weighted by Gasteiger charge is -2.33. The molecule has 3 aromatic carbocycles. The molecule has 0 saturated heterocycles. The van der Waals surface area contributed by atoms with E-state index >= 15 is 0 Å². The molecule has 1 heterocycles. The van der Waals surface area contributed by atoms with Gasteiger partial charge in [0, 0.05) is 12.6 Å². The molecule has 1 N–H and O–H groups in total. The maximum atomic E-state index is 13.4. The van der Waals surface area contributed by atoms with Crippen LogP contribution < -0.4 is 14.8 Å². The molecule has 0 saturated carbocycles. The van der Waals surface area contributed by atoms with E-state index in [2.05, 4.69) is 5.32 Å². The summed E-state index contributed by atoms with van der Waals surface area (Å²) in [7, 11) is 1.82. The number of rotatable bonds is 7. The highest BCUT2D eigenvalue weighted by Crippen LogP contribution is 2.32. The highest BCUT2D eigenvalue weighted by Gasteiger charge is 2.31. The van der Waals surface area contributed by atoms with Gasteiger partial charge in [-0.3, -0.25) is 19.8 Å². The predicted octanol–water partition coefficient (Wildman–Crippen LogP) is 4.35. The number of nitro benzene ring substituents is 1. The van der Waals surface area contributed by atoms with Crippen LogP contribution in [0, 0.1) is 17.0 Å². The highest BCUT2D eigenvalue weighted by molar-refractivity contribution is 5.97. The fraction of sp³-hybridized carbons (Fsp3) is 0.240. The largest absolute Gasteiger partial charge is 0.486 e. The Hall–Kier alpha value is -3.91. The van der Waals surface area contributed by atoms with Gasteiger partial charge in [0.25, 0.3) is 5.69 Å². The second kappa shape index (κ2) is 9.70. The summed E-state index contributed by atoms with van der Waals surface area (Å²) in [6, 6.07) is 20.8. The van der Waals surface area contributed by atoms with Crippen LogP contribution in [0.1, 0.15) is 17.2 Å². The third kappa shape index (κ3) is 5.12. The first-order valence-electron chi connectivity index (χ1n) is 10.6. The van der Waals surface area contributed by atoms with Crippen molar-refractivity contribution in [3.8, 4) is 11.5 Å². The molecule has 8 nitrogen and oxygen atoms in total. The van der Waals surface area contributed by atoms with Crippen molar-refractivity contribution in [1.82, 2.24) is 4.90 Å². The minimum atomic E-state index is -0.687. The summed E-state index contributed by atoms with van der Waals surface area (Å²) in [6.07, 6.45) is -0.280. The summed E-state index contributed by atoms with van der Waals surface area (Å²) in [4.78, 5) is 26.3. The van der Waals surface area contributed by atoms with Crippen molar-refractivity contribution < 1.29 is 19.2 Å². The number of benzene rings is 3. The topological polar surface area (TPSA) is 93.9 Å². The molecular weight excluding hydrogens is 422 g/mol. The molecule has 0 fully saturated rings. The summed E-state index contributed by atoms with van der Waals surface area (Å²) in [5, 5.41) is 14.3. The zero-order valence-electron chi connectivity index (χ0n) is 18.4. The van der Waals surface area contributed by atoms with Crippen molar-refractivity contribution in [2.24, 2.45) is 0 Å². The molecule has 1 amide bonds. The van der Waals surface area contributed by atoms with Crippen LogP contribution >= 0.6 is 0 Å². The number of anilines is 1. The molecule has 4 rings (SSSR count). The standard InChI is InChI=1S/C25H25N3O5/c1-17-12-13-20(21(14-17)28(30)31)26-25(29)24(18-8-4-3-5-9-18)27(2)15-19-16-32-22-10-6-7-11-23(22)33-19/h3-14,19,24H,15-16H2,1-2H3,(H,26,29)/t19-,24+/m0/s1. The third-order valence-electron chi connectivity index (χ3n) is 5.47. The molecule has 170 valence electrons. The lowest BCUT2D eigenvalue weighted by Crippen LogP contribution is -2.43. The lowest BCUT2D eigenvalue weighted by molar-refractivity contribution is -0.384. The Balaban J connectivity index is 1.56. The van der Waals surface area contributed by atoms with Gasteiger partial charge >= 0.3 is 0 Å². The number of amides is 1. The fourth-order valence-corrected chi connectivity index (χ4v) is 3.92. The molecule has 3 aromatic rings. The minimum Gasteiger partial charge on any atom is -0.486 e. The summed E-state index contributed by atoms with van der Waals surface area (Å²) in [6.45, 7) is 2.54. The minimum absolute atomic E-state index is 0.140. The number of nitrogens with zero attached hydrogens (tertiary/aromatic N) is 2. The van der Waals surface area contributed by atoms with E-state index in [0.29, 0.717) is 24.7 Å². The maximum absolute atomic E-state index is 13.4. The van der Waals surface area contributed by atoms with Crippen molar-refractivity contribution in [2.45, 2.75) is 19.1 Å². The number of para-hydroxylation sites is 2. The van der Waals surface area contributed by atoms with Crippen LogP contribution in [0.3, 0.4) is 0 Å². The van der Waals surface area contributed by atoms with Crippen LogP contribution in [-0.4, -0.2) is 42.0 Å². The molecule has 1 aliphatic heterocycles. The van der Waals surface area contributed by atoms with Gasteiger partial charge in [-0.2, -0.15) is 0 Å². The average Bonchev–Trinajstić information content (AvgIpc) is 2.81. The Morgan fingerprint density at radius 2 is 1.82 bits per heavy atom. The van der Waals surface area contributed by atoms with Gasteiger partial charge in [-0.25, -0.2) is 0 Å². The Bertz CT molecular complexity index is 1150. The van der Waals surface area contributed by atoms with Gasteiger partial charge in [-0.15, -0.1) is 0 Å². The monoisotopic (exact) mass is 447 g/mol. The molecule has 0 bridgehead atoms. The van der Waals surface area contributed by atoms with E-state index in [4.69, 9.17) is 9.47 Å². The Morgan fingerprint density at radius 3 is 2.55 bits per heavy atom. The first-order valence-corrected chi connectivity index (χ1v) is 10.6. The number of hydrogen-bond acceptors (Lipinski definition) is 6. The second-order valence-electron chi connectivity index (χ2n) is 8.02. The van der Waals surface area contributed by atoms with E-state index in [1.54, 1.807) is 19.1 Å². The number of hydrogen-bond donors (Lipinski definition) is 1. The van der Waals surface area contributed by atoms with E-state index in [1.807, 2.05) is 66.5 Å². The SMILES string of the molecule is Cc1ccc(NC(=O)[C@@H](c2ccccc2)N(C)C[C@H]2COc3ccccc3O2)c([N+](=O)[O-])c1. The zero-order valence-corrected chi connectivity index (χ0v) is 18.4. The van der Waals surface area contributed by atoms with Crippen molar-refractivity contribution in [3.63, 3.8) is 0 Å². The van der Waals surface area contributed by atoms with E-state index in [9.17, 15) is 14.9 Å². The molecule has 0 aliphatic carbocycles. The van der Waals surface area contributed by atoms with Crippen LogP contribution in [0.2, 0.25) is 0 Å². The van der Waals surface area contributed by atoms with Gasteiger partial charge in [0.1, 0.15) is 24.4 Å². The number of fused-ring (bicyclic) bond motifs is 1. The number of likely N-dealkylation sites (N-methyl/N-ethyl adjacent to an activating group) is 1. The normalized spacial score (nSPS) is 15.7. The van der Waals surface area contributed by atoms with Gasteiger partial charge in [-0.05, 0) is 43.3 Å². The van der Waals surface area contributed by atoms with Crippen molar-refractivity contribution >= 4 is 17.3 Å². The van der Waals surface area contributed by atoms with Crippen LogP contribution in [-0.2, 0) is 4.79 Å². The summed E-state index contributed by atoms with van der Waals surface area (Å²) >= 11 is 0. The summed E-state index contributed by atoms with van der Waals surface area (Å²) in [5.41, 5.74) is 1.53. The molecule has 0 aromatic heterocycles. The lowest BCUT2D eigenvalue weighted by atomic mass is 10.0. The van der Waals surface area contributed by atoms with E-state index in [1.165, 1.54) is 6.07 Å². The van der Waals surface area contributed by atoms with Gasteiger partial charge < -0.3 is 14.8 Å². The molecule has 1 aliphatic rings. The average molecular weight is 447 g/mol. The van der Waals surface area contributed by atoms with Crippen LogP contribution in [0.4, 0.5) is 11.4 Å². The molecule has 33 heavy (non-hydrogen) atoms. The fourth-order valence-electron chi connectivity index (χ4n) is 3.92. The number of ether oxygens (including phenoxy) is 2. The number of carbonyl (C=O) groups excluding carboxylic acids is 1. The zero-order chi connectivity index (χ0) is 23.4. The van der Waals surface area contributed by atoms with Crippen molar-refractivity contribution in [3.05, 3.63) is 94.0 Å². The Kier molecular flexibility index (Phi) is 6.55. The first-order chi connectivity index (χ1) is 15.9. The van der Waals surface area contributed by atoms with Gasteiger partial charge in [-0.1, -0.05) is 48.5 Å². The highest BCUT2D eigenvalue weighted by atomic mass is 16.6. The Labute approximate surface area is 191 Å².